The zero-order chi connectivity index (χ0) is 32.1. The van der Waals surface area contributed by atoms with Crippen molar-refractivity contribution in [2.75, 3.05) is 32.7 Å². The number of carboxylic acids is 2. The number of carboxylic acid groups (broad SMARTS) is 2. The molecule has 2 aromatic heterocycles. The van der Waals surface area contributed by atoms with Gasteiger partial charge in [0.2, 0.25) is 0 Å². The molecule has 13 heteroatoms. The number of benzene rings is 2. The second kappa shape index (κ2) is 14.0. The van der Waals surface area contributed by atoms with Crippen LogP contribution in [-0.4, -0.2) is 61.1 Å². The van der Waals surface area contributed by atoms with Gasteiger partial charge in [-0.2, -0.15) is 0 Å². The molecule has 0 bridgehead atoms. The number of Topliss-reactive ketones (excluding diaryl/α,β-unsaturated/α-hetero) is 2. The summed E-state index contributed by atoms with van der Waals surface area (Å²) in [4.78, 5) is 48.1. The van der Waals surface area contributed by atoms with Gasteiger partial charge in [-0.15, -0.1) is 22.7 Å². The highest BCUT2D eigenvalue weighted by Gasteiger charge is 2.23. The molecule has 0 aliphatic rings. The Bertz CT molecular complexity index is 1730. The van der Waals surface area contributed by atoms with E-state index in [9.17, 15) is 19.2 Å². The van der Waals surface area contributed by atoms with Crippen LogP contribution in [0.15, 0.2) is 30.3 Å². The zero-order valence-corrected chi connectivity index (χ0v) is 26.2. The van der Waals surface area contributed by atoms with Crippen LogP contribution in [-0.2, 0) is 9.59 Å². The molecular formula is C31H32FNO9S2. The van der Waals surface area contributed by atoms with Gasteiger partial charge in [-0.3, -0.25) is 19.2 Å². The molecule has 234 valence electrons. The van der Waals surface area contributed by atoms with Gasteiger partial charge < -0.3 is 29.7 Å². The lowest BCUT2D eigenvalue weighted by molar-refractivity contribution is -0.141. The van der Waals surface area contributed by atoms with Gasteiger partial charge >= 0.3 is 11.9 Å². The van der Waals surface area contributed by atoms with Crippen molar-refractivity contribution in [3.8, 4) is 17.2 Å². The Morgan fingerprint density at radius 3 is 2.02 bits per heavy atom. The third-order valence-corrected chi connectivity index (χ3v) is 9.22. The van der Waals surface area contributed by atoms with Crippen LogP contribution in [0.25, 0.3) is 20.2 Å². The number of fused-ring (bicyclic) bond motifs is 2. The van der Waals surface area contributed by atoms with E-state index in [-0.39, 0.29) is 59.4 Å². The van der Waals surface area contributed by atoms with E-state index in [1.807, 2.05) is 6.07 Å². The smallest absolute Gasteiger partial charge is 0.306 e. The van der Waals surface area contributed by atoms with Gasteiger partial charge in [0.25, 0.3) is 0 Å². The quantitative estimate of drug-likeness (QED) is 0.0884. The van der Waals surface area contributed by atoms with Crippen molar-refractivity contribution < 1.29 is 48.0 Å². The summed E-state index contributed by atoms with van der Waals surface area (Å²) in [5.41, 5.74) is 0.705. The number of carbonyl (C=O) groups excluding carboxylic acids is 2. The minimum atomic E-state index is -1.08. The van der Waals surface area contributed by atoms with E-state index in [4.69, 9.17) is 24.4 Å². The minimum absolute atomic E-state index is 0.0829. The number of thiophene rings is 2. The molecule has 0 spiro atoms. The highest BCUT2D eigenvalue weighted by atomic mass is 32.1. The maximum Gasteiger partial charge on any atom is 0.306 e. The van der Waals surface area contributed by atoms with Crippen LogP contribution in [0.3, 0.4) is 0 Å². The monoisotopic (exact) mass is 645 g/mol. The molecule has 0 aliphatic carbocycles. The highest BCUT2D eigenvalue weighted by Crippen LogP contribution is 2.41. The Morgan fingerprint density at radius 1 is 0.841 bits per heavy atom. The summed E-state index contributed by atoms with van der Waals surface area (Å²) in [5.74, 6) is -4.39. The molecule has 0 aliphatic heterocycles. The number of hydrogen-bond acceptors (Lipinski definition) is 10. The summed E-state index contributed by atoms with van der Waals surface area (Å²) >= 11 is 2.36. The number of aliphatic carboxylic acids is 2. The first kappa shape index (κ1) is 32.7. The number of nitrogens with one attached hydrogen (secondary N) is 1. The first-order chi connectivity index (χ1) is 20.9. The fraction of sp³-hybridized carbons (Fsp3) is 0.355. The number of hydrogen-bond donors (Lipinski definition) is 3. The number of ketones is 2. The van der Waals surface area contributed by atoms with Gasteiger partial charge in [0, 0.05) is 47.2 Å². The average Bonchev–Trinajstić information content (AvgIpc) is 3.61. The third kappa shape index (κ3) is 7.28. The van der Waals surface area contributed by atoms with E-state index in [0.29, 0.717) is 27.4 Å². The van der Waals surface area contributed by atoms with Crippen molar-refractivity contribution in [1.82, 2.24) is 0 Å². The molecule has 0 saturated heterocycles. The Balaban J connectivity index is 1.41. The lowest BCUT2D eigenvalue weighted by atomic mass is 10.0. The fourth-order valence-electron chi connectivity index (χ4n) is 4.39. The normalized spacial score (nSPS) is 12.6. The van der Waals surface area contributed by atoms with Gasteiger partial charge in [-0.05, 0) is 29.7 Å². The number of methoxy groups -OCH3 is 1. The maximum atomic E-state index is 15.5. The molecule has 0 fully saturated rings. The van der Waals surface area contributed by atoms with E-state index in [0.717, 1.165) is 21.4 Å². The molecule has 4 rings (SSSR count). The van der Waals surface area contributed by atoms with Crippen LogP contribution in [0.1, 0.15) is 52.5 Å². The fourth-order valence-corrected chi connectivity index (χ4v) is 6.46. The summed E-state index contributed by atoms with van der Waals surface area (Å²) in [7, 11) is 3.13. The van der Waals surface area contributed by atoms with Gasteiger partial charge in [0.1, 0.15) is 5.75 Å². The molecule has 44 heavy (non-hydrogen) atoms. The van der Waals surface area contributed by atoms with Gasteiger partial charge in [-0.25, -0.2) is 4.39 Å². The van der Waals surface area contributed by atoms with Crippen molar-refractivity contribution in [2.45, 2.75) is 33.1 Å². The molecule has 0 amide bonds. The molecule has 3 N–H and O–H groups in total. The van der Waals surface area contributed by atoms with Crippen molar-refractivity contribution in [2.24, 2.45) is 11.8 Å². The van der Waals surface area contributed by atoms with Gasteiger partial charge in [0.05, 0.1) is 47.6 Å². The van der Waals surface area contributed by atoms with Crippen LogP contribution in [0.4, 0.5) is 10.1 Å². The molecule has 2 aromatic carbocycles. The number of rotatable bonds is 16. The Kier molecular flexibility index (Phi) is 10.4. The standard InChI is InChI=1S/C31H32FNO9S2/c1-15(30(36)37)8-20(34)26-11-17-10-22(19(33-3)13-24(17)43-26)41-6-5-7-42-29-23(40-4)14-25-18(28(29)32)12-27(44-25)21(35)9-16(2)31(38)39/h10-16,33H,5-9H2,1-4H3,(H,36,37)(H,38,39). The van der Waals surface area contributed by atoms with E-state index < -0.39 is 29.6 Å². The molecule has 2 atom stereocenters. The van der Waals surface area contributed by atoms with E-state index in [2.05, 4.69) is 5.32 Å². The second-order valence-corrected chi connectivity index (χ2v) is 12.4. The molecule has 0 saturated carbocycles. The van der Waals surface area contributed by atoms with Crippen LogP contribution in [0.2, 0.25) is 0 Å². The van der Waals surface area contributed by atoms with Gasteiger partial charge in [-0.1, -0.05) is 13.8 Å². The van der Waals surface area contributed by atoms with Crippen LogP contribution >= 0.6 is 22.7 Å². The van der Waals surface area contributed by atoms with Gasteiger partial charge in [0.15, 0.2) is 28.9 Å². The molecular weight excluding hydrogens is 613 g/mol. The highest BCUT2D eigenvalue weighted by molar-refractivity contribution is 7.21. The van der Waals surface area contributed by atoms with Crippen molar-refractivity contribution >= 4 is 72.0 Å². The maximum absolute atomic E-state index is 15.5. The molecule has 2 heterocycles. The first-order valence-electron chi connectivity index (χ1n) is 13.8. The molecule has 10 nitrogen and oxygen atoms in total. The van der Waals surface area contributed by atoms with Crippen LogP contribution in [0.5, 0.6) is 17.2 Å². The number of halogens is 1. The lowest BCUT2D eigenvalue weighted by Crippen LogP contribution is -2.13. The summed E-state index contributed by atoms with van der Waals surface area (Å²) in [6, 6.07) is 8.39. The average molecular weight is 646 g/mol. The number of ether oxygens (including phenoxy) is 3. The third-order valence-electron chi connectivity index (χ3n) is 6.96. The molecule has 2 unspecified atom stereocenters. The molecule has 0 radical (unpaired) electrons. The Morgan fingerprint density at radius 2 is 1.43 bits per heavy atom. The first-order valence-corrected chi connectivity index (χ1v) is 15.4. The number of anilines is 1. The summed E-state index contributed by atoms with van der Waals surface area (Å²) < 4.78 is 33.9. The predicted molar refractivity (Wildman–Crippen MR) is 167 cm³/mol. The lowest BCUT2D eigenvalue weighted by Gasteiger charge is -2.14. The second-order valence-electron chi connectivity index (χ2n) is 10.3. The zero-order valence-electron chi connectivity index (χ0n) is 24.5. The van der Waals surface area contributed by atoms with E-state index in [1.165, 1.54) is 38.4 Å². The Labute approximate surface area is 260 Å². The Hall–Kier alpha value is -4.23. The summed E-state index contributed by atoms with van der Waals surface area (Å²) in [6.45, 7) is 3.27. The largest absolute Gasteiger partial charge is 0.493 e. The van der Waals surface area contributed by atoms with Crippen molar-refractivity contribution in [3.63, 3.8) is 0 Å². The summed E-state index contributed by atoms with van der Waals surface area (Å²) in [6.07, 6.45) is 0.118. The summed E-state index contributed by atoms with van der Waals surface area (Å²) in [5, 5.41) is 22.3. The van der Waals surface area contributed by atoms with Crippen molar-refractivity contribution in [3.05, 3.63) is 45.9 Å². The van der Waals surface area contributed by atoms with E-state index >= 15 is 4.39 Å². The van der Waals surface area contributed by atoms with Crippen LogP contribution in [0, 0.1) is 17.7 Å². The van der Waals surface area contributed by atoms with E-state index in [1.54, 1.807) is 25.2 Å². The topological polar surface area (TPSA) is 148 Å². The minimum Gasteiger partial charge on any atom is -0.493 e. The van der Waals surface area contributed by atoms with Crippen molar-refractivity contribution in [1.29, 1.82) is 0 Å². The van der Waals surface area contributed by atoms with Crippen LogP contribution < -0.4 is 19.5 Å². The molecule has 4 aromatic rings. The SMILES string of the molecule is CNc1cc2sc(C(=O)CC(C)C(=O)O)cc2cc1OCCCOc1c(OC)cc2sc(C(=O)CC(C)C(=O)O)cc2c1F. The number of carbonyl (C=O) groups is 4. The predicted octanol–water partition coefficient (Wildman–Crippen LogP) is 6.74.